The minimum absolute atomic E-state index is 0.0184. The van der Waals surface area contributed by atoms with E-state index in [9.17, 15) is 18.3 Å². The van der Waals surface area contributed by atoms with Crippen LogP contribution in [0.4, 0.5) is 5.69 Å². The number of benzene rings is 1. The molecule has 5 aliphatic rings. The van der Waals surface area contributed by atoms with Crippen molar-refractivity contribution in [2.75, 3.05) is 18.4 Å². The van der Waals surface area contributed by atoms with Crippen LogP contribution >= 0.6 is 0 Å². The lowest BCUT2D eigenvalue weighted by molar-refractivity contribution is -0.174. The predicted octanol–water partition coefficient (Wildman–Crippen LogP) is 2.74. The summed E-state index contributed by atoms with van der Waals surface area (Å²) >= 11 is 0. The molecule has 4 bridgehead atoms. The third-order valence-electron chi connectivity index (χ3n) is 7.33. The van der Waals surface area contributed by atoms with Crippen molar-refractivity contribution in [2.45, 2.75) is 61.9 Å². The van der Waals surface area contributed by atoms with Gasteiger partial charge < -0.3 is 10.4 Å². The Morgan fingerprint density at radius 1 is 1.04 bits per heavy atom. The van der Waals surface area contributed by atoms with Crippen molar-refractivity contribution in [1.82, 2.24) is 4.31 Å². The van der Waals surface area contributed by atoms with Crippen LogP contribution in [0.15, 0.2) is 29.2 Å². The first kappa shape index (κ1) is 18.6. The van der Waals surface area contributed by atoms with Crippen molar-refractivity contribution in [3.05, 3.63) is 24.3 Å². The summed E-state index contributed by atoms with van der Waals surface area (Å²) in [6.45, 7) is 1.16. The molecule has 6 rings (SSSR count). The van der Waals surface area contributed by atoms with Crippen molar-refractivity contribution in [3.8, 4) is 0 Å². The molecule has 0 radical (unpaired) electrons. The van der Waals surface area contributed by atoms with Gasteiger partial charge in [0.15, 0.2) is 0 Å². The van der Waals surface area contributed by atoms with Crippen LogP contribution in [-0.4, -0.2) is 42.4 Å². The molecule has 28 heavy (non-hydrogen) atoms. The Labute approximate surface area is 166 Å². The first-order chi connectivity index (χ1) is 13.3. The molecule has 5 fully saturated rings. The number of nitrogens with zero attached hydrogens (tertiary/aromatic N) is 1. The molecule has 1 heterocycles. The number of nitrogens with one attached hydrogen (secondary N) is 1. The number of carbonyl (C=O) groups is 1. The van der Waals surface area contributed by atoms with Gasteiger partial charge in [0.2, 0.25) is 15.9 Å². The monoisotopic (exact) mass is 404 g/mol. The highest BCUT2D eigenvalue weighted by Crippen LogP contribution is 2.61. The molecule has 2 N–H and O–H groups in total. The number of carbonyl (C=O) groups excluding carboxylic acids is 1. The van der Waals surface area contributed by atoms with Gasteiger partial charge in [-0.15, -0.1) is 0 Å². The van der Waals surface area contributed by atoms with E-state index in [1.54, 1.807) is 24.3 Å². The second-order valence-electron chi connectivity index (χ2n) is 9.56. The first-order valence-corrected chi connectivity index (χ1v) is 11.9. The van der Waals surface area contributed by atoms with Crippen LogP contribution in [0.2, 0.25) is 0 Å². The third kappa shape index (κ3) is 2.99. The molecule has 1 amide bonds. The number of aliphatic hydroxyl groups is 1. The molecule has 4 saturated carbocycles. The van der Waals surface area contributed by atoms with Gasteiger partial charge in [-0.25, -0.2) is 8.42 Å². The third-order valence-corrected chi connectivity index (χ3v) is 9.24. The maximum atomic E-state index is 13.2. The molecule has 1 aromatic carbocycles. The number of hydrogen-bond acceptors (Lipinski definition) is 4. The van der Waals surface area contributed by atoms with Gasteiger partial charge >= 0.3 is 0 Å². The number of sulfonamides is 1. The summed E-state index contributed by atoms with van der Waals surface area (Å²) in [6.07, 6.45) is 6.90. The van der Waals surface area contributed by atoms with Gasteiger partial charge in [-0.2, -0.15) is 4.31 Å². The fourth-order valence-corrected chi connectivity index (χ4v) is 8.05. The van der Waals surface area contributed by atoms with Gasteiger partial charge in [0.25, 0.3) is 0 Å². The fourth-order valence-electron chi connectivity index (χ4n) is 6.53. The maximum absolute atomic E-state index is 13.2. The molecule has 0 aromatic heterocycles. The lowest BCUT2D eigenvalue weighted by atomic mass is 9.47. The van der Waals surface area contributed by atoms with E-state index in [1.807, 2.05) is 0 Å². The van der Waals surface area contributed by atoms with Crippen LogP contribution in [0, 0.1) is 17.3 Å². The molecule has 6 nitrogen and oxygen atoms in total. The van der Waals surface area contributed by atoms with Crippen molar-refractivity contribution in [2.24, 2.45) is 17.3 Å². The molecule has 2 unspecified atom stereocenters. The van der Waals surface area contributed by atoms with Crippen LogP contribution in [0.5, 0.6) is 0 Å². The molecule has 1 saturated heterocycles. The Morgan fingerprint density at radius 2 is 1.64 bits per heavy atom. The SMILES string of the molecule is O=C(Nc1ccc(S(=O)(=O)N2CCCC2)cc1)C12C[C@@H]3C[C@@H](CC(O)(C3)C1)C2. The molecule has 152 valence electrons. The van der Waals surface area contributed by atoms with Crippen LogP contribution in [0.1, 0.15) is 51.4 Å². The lowest BCUT2D eigenvalue weighted by Gasteiger charge is -2.59. The molecule has 4 aliphatic carbocycles. The van der Waals surface area contributed by atoms with Gasteiger partial charge in [-0.05, 0) is 87.5 Å². The van der Waals surface area contributed by atoms with Crippen molar-refractivity contribution >= 4 is 21.6 Å². The molecule has 0 spiro atoms. The zero-order chi connectivity index (χ0) is 19.6. The highest BCUT2D eigenvalue weighted by molar-refractivity contribution is 7.89. The van der Waals surface area contributed by atoms with E-state index in [4.69, 9.17) is 0 Å². The lowest BCUT2D eigenvalue weighted by Crippen LogP contribution is -2.59. The first-order valence-electron chi connectivity index (χ1n) is 10.4. The standard InChI is InChI=1S/C21H28N2O4S/c24-19(20-10-15-9-16(11-20)13-21(25,12-15)14-20)22-17-3-5-18(6-4-17)28(26,27)23-7-1-2-8-23/h3-6,15-16,25H,1-2,7-14H2,(H,22,24)/t15-,16+,20?,21?. The largest absolute Gasteiger partial charge is 0.390 e. The number of rotatable bonds is 4. The average Bonchev–Trinajstić information content (AvgIpc) is 3.15. The summed E-state index contributed by atoms with van der Waals surface area (Å²) in [4.78, 5) is 13.4. The Hall–Kier alpha value is -1.44. The minimum Gasteiger partial charge on any atom is -0.390 e. The van der Waals surface area contributed by atoms with E-state index in [1.165, 1.54) is 4.31 Å². The maximum Gasteiger partial charge on any atom is 0.243 e. The molecule has 1 aromatic rings. The average molecular weight is 405 g/mol. The quantitative estimate of drug-likeness (QED) is 0.808. The van der Waals surface area contributed by atoms with Crippen LogP contribution in [0.3, 0.4) is 0 Å². The Morgan fingerprint density at radius 3 is 2.21 bits per heavy atom. The van der Waals surface area contributed by atoms with Gasteiger partial charge in [-0.3, -0.25) is 4.79 Å². The van der Waals surface area contributed by atoms with Crippen LogP contribution in [0.25, 0.3) is 0 Å². The zero-order valence-corrected chi connectivity index (χ0v) is 16.9. The van der Waals surface area contributed by atoms with E-state index in [-0.39, 0.29) is 10.8 Å². The van der Waals surface area contributed by atoms with Crippen LogP contribution < -0.4 is 5.32 Å². The summed E-state index contributed by atoms with van der Waals surface area (Å²) in [5, 5.41) is 13.9. The van der Waals surface area contributed by atoms with Gasteiger partial charge in [-0.1, -0.05) is 0 Å². The topological polar surface area (TPSA) is 86.7 Å². The van der Waals surface area contributed by atoms with Gasteiger partial charge in [0.05, 0.1) is 15.9 Å². The fraction of sp³-hybridized carbons (Fsp3) is 0.667. The predicted molar refractivity (Wildman–Crippen MR) is 105 cm³/mol. The van der Waals surface area contributed by atoms with E-state index in [0.717, 1.165) is 44.9 Å². The van der Waals surface area contributed by atoms with Crippen molar-refractivity contribution in [1.29, 1.82) is 0 Å². The molecule has 4 atom stereocenters. The summed E-state index contributed by atoms with van der Waals surface area (Å²) in [5.41, 5.74) is -0.526. The summed E-state index contributed by atoms with van der Waals surface area (Å²) < 4.78 is 26.8. The molecular formula is C21H28N2O4S. The summed E-state index contributed by atoms with van der Waals surface area (Å²) in [5.74, 6) is 0.880. The molecular weight excluding hydrogens is 376 g/mol. The smallest absolute Gasteiger partial charge is 0.243 e. The molecule has 7 heteroatoms. The van der Waals surface area contributed by atoms with Gasteiger partial charge in [0, 0.05) is 18.8 Å². The number of hydrogen-bond donors (Lipinski definition) is 2. The van der Waals surface area contributed by atoms with Crippen molar-refractivity contribution < 1.29 is 18.3 Å². The Bertz CT molecular complexity index is 875. The number of amides is 1. The minimum atomic E-state index is -3.44. The molecule has 1 aliphatic heterocycles. The second kappa shape index (κ2) is 6.28. The Balaban J connectivity index is 1.32. The second-order valence-corrected chi connectivity index (χ2v) is 11.5. The van der Waals surface area contributed by atoms with E-state index in [2.05, 4.69) is 5.32 Å². The Kier molecular flexibility index (Phi) is 4.17. The normalized spacial score (nSPS) is 37.3. The summed E-state index contributed by atoms with van der Waals surface area (Å²) in [6, 6.07) is 6.51. The number of anilines is 1. The van der Waals surface area contributed by atoms with E-state index in [0.29, 0.717) is 37.0 Å². The van der Waals surface area contributed by atoms with Crippen molar-refractivity contribution in [3.63, 3.8) is 0 Å². The highest BCUT2D eigenvalue weighted by Gasteiger charge is 2.60. The van der Waals surface area contributed by atoms with E-state index < -0.39 is 21.0 Å². The highest BCUT2D eigenvalue weighted by atomic mass is 32.2. The van der Waals surface area contributed by atoms with Gasteiger partial charge in [0.1, 0.15) is 0 Å². The summed E-state index contributed by atoms with van der Waals surface area (Å²) in [7, 11) is -3.44. The van der Waals surface area contributed by atoms with E-state index >= 15 is 0 Å². The van der Waals surface area contributed by atoms with Crippen LogP contribution in [-0.2, 0) is 14.8 Å². The zero-order valence-electron chi connectivity index (χ0n) is 16.1.